The van der Waals surface area contributed by atoms with Gasteiger partial charge in [0.2, 0.25) is 0 Å². The van der Waals surface area contributed by atoms with Crippen LogP contribution in [0.5, 0.6) is 0 Å². The lowest BCUT2D eigenvalue weighted by atomic mass is 9.80. The smallest absolute Gasteiger partial charge is 0.313 e. The van der Waals surface area contributed by atoms with Crippen LogP contribution < -0.4 is 5.32 Å². The highest BCUT2D eigenvalue weighted by atomic mass is 16.5. The molecule has 18 heavy (non-hydrogen) atoms. The van der Waals surface area contributed by atoms with Crippen LogP contribution in [0.15, 0.2) is 30.3 Å². The van der Waals surface area contributed by atoms with Gasteiger partial charge in [-0.15, -0.1) is 0 Å². The average molecular weight is 247 g/mol. The SMILES string of the molecule is CCOC(=O)C(c1ccccc1)C1CCNCC1. The molecule has 1 N–H and O–H groups in total. The summed E-state index contributed by atoms with van der Waals surface area (Å²) in [5.74, 6) is 0.219. The number of carbonyl (C=O) groups excluding carboxylic acids is 1. The van der Waals surface area contributed by atoms with Crippen LogP contribution in [0.2, 0.25) is 0 Å². The van der Waals surface area contributed by atoms with Gasteiger partial charge in [0.1, 0.15) is 0 Å². The topological polar surface area (TPSA) is 38.3 Å². The van der Waals surface area contributed by atoms with Gasteiger partial charge in [0.05, 0.1) is 12.5 Å². The molecule has 98 valence electrons. The van der Waals surface area contributed by atoms with Gasteiger partial charge in [0.25, 0.3) is 0 Å². The highest BCUT2D eigenvalue weighted by molar-refractivity contribution is 5.78. The molecule has 1 heterocycles. The molecule has 3 nitrogen and oxygen atoms in total. The Morgan fingerprint density at radius 3 is 2.61 bits per heavy atom. The van der Waals surface area contributed by atoms with Gasteiger partial charge < -0.3 is 10.1 Å². The van der Waals surface area contributed by atoms with E-state index in [1.54, 1.807) is 0 Å². The van der Waals surface area contributed by atoms with Gasteiger partial charge in [0.15, 0.2) is 0 Å². The van der Waals surface area contributed by atoms with E-state index in [-0.39, 0.29) is 11.9 Å². The van der Waals surface area contributed by atoms with Crippen molar-refractivity contribution in [3.05, 3.63) is 35.9 Å². The van der Waals surface area contributed by atoms with E-state index in [4.69, 9.17) is 4.74 Å². The van der Waals surface area contributed by atoms with E-state index in [1.807, 2.05) is 37.3 Å². The van der Waals surface area contributed by atoms with Gasteiger partial charge in [-0.25, -0.2) is 0 Å². The van der Waals surface area contributed by atoms with Gasteiger partial charge >= 0.3 is 5.97 Å². The van der Waals surface area contributed by atoms with Crippen LogP contribution in [0.3, 0.4) is 0 Å². The summed E-state index contributed by atoms with van der Waals surface area (Å²) in [6, 6.07) is 10.0. The van der Waals surface area contributed by atoms with Crippen molar-refractivity contribution in [3.8, 4) is 0 Å². The van der Waals surface area contributed by atoms with E-state index >= 15 is 0 Å². The lowest BCUT2D eigenvalue weighted by Gasteiger charge is -2.29. The molecule has 1 saturated heterocycles. The number of piperidine rings is 1. The van der Waals surface area contributed by atoms with E-state index in [2.05, 4.69) is 5.32 Å². The monoisotopic (exact) mass is 247 g/mol. The van der Waals surface area contributed by atoms with E-state index < -0.39 is 0 Å². The lowest BCUT2D eigenvalue weighted by Crippen LogP contribution is -2.34. The molecule has 0 radical (unpaired) electrons. The molecule has 2 rings (SSSR count). The van der Waals surface area contributed by atoms with Gasteiger partial charge in [-0.05, 0) is 44.3 Å². The van der Waals surface area contributed by atoms with E-state index in [0.717, 1.165) is 31.5 Å². The first kappa shape index (κ1) is 13.1. The normalized spacial score (nSPS) is 18.3. The largest absolute Gasteiger partial charge is 0.466 e. The fourth-order valence-electron chi connectivity index (χ4n) is 2.67. The second kappa shape index (κ2) is 6.55. The van der Waals surface area contributed by atoms with Crippen molar-refractivity contribution in [2.75, 3.05) is 19.7 Å². The fraction of sp³-hybridized carbons (Fsp3) is 0.533. The summed E-state index contributed by atoms with van der Waals surface area (Å²) in [7, 11) is 0. The second-order valence-electron chi connectivity index (χ2n) is 4.73. The van der Waals surface area contributed by atoms with Crippen LogP contribution >= 0.6 is 0 Å². The summed E-state index contributed by atoms with van der Waals surface area (Å²) < 4.78 is 5.25. The molecule has 3 heteroatoms. The molecule has 0 saturated carbocycles. The van der Waals surface area contributed by atoms with Crippen molar-refractivity contribution in [3.63, 3.8) is 0 Å². The van der Waals surface area contributed by atoms with Crippen molar-refractivity contribution >= 4 is 5.97 Å². The maximum atomic E-state index is 12.2. The zero-order chi connectivity index (χ0) is 12.8. The Kier molecular flexibility index (Phi) is 4.76. The number of hydrogen-bond donors (Lipinski definition) is 1. The molecule has 1 unspecified atom stereocenters. The molecule has 0 aliphatic carbocycles. The number of ether oxygens (including phenoxy) is 1. The van der Waals surface area contributed by atoms with Gasteiger partial charge in [-0.3, -0.25) is 4.79 Å². The molecule has 1 aliphatic heterocycles. The van der Waals surface area contributed by atoms with Gasteiger partial charge in [0, 0.05) is 0 Å². The van der Waals surface area contributed by atoms with Crippen molar-refractivity contribution < 1.29 is 9.53 Å². The second-order valence-corrected chi connectivity index (χ2v) is 4.73. The Morgan fingerprint density at radius 2 is 2.00 bits per heavy atom. The van der Waals surface area contributed by atoms with Crippen molar-refractivity contribution in [1.82, 2.24) is 5.32 Å². The molecule has 0 aromatic heterocycles. The summed E-state index contributed by atoms with van der Waals surface area (Å²) in [6.07, 6.45) is 2.08. The van der Waals surface area contributed by atoms with E-state index in [9.17, 15) is 4.79 Å². The van der Waals surface area contributed by atoms with Crippen LogP contribution in [-0.4, -0.2) is 25.7 Å². The zero-order valence-electron chi connectivity index (χ0n) is 10.9. The third-order valence-electron chi connectivity index (χ3n) is 3.55. The fourth-order valence-corrected chi connectivity index (χ4v) is 2.67. The summed E-state index contributed by atoms with van der Waals surface area (Å²) in [4.78, 5) is 12.2. The highest BCUT2D eigenvalue weighted by Gasteiger charge is 2.31. The quantitative estimate of drug-likeness (QED) is 0.830. The maximum Gasteiger partial charge on any atom is 0.313 e. The summed E-state index contributed by atoms with van der Waals surface area (Å²) >= 11 is 0. The molecule has 0 amide bonds. The maximum absolute atomic E-state index is 12.2. The van der Waals surface area contributed by atoms with Crippen molar-refractivity contribution in [1.29, 1.82) is 0 Å². The number of rotatable bonds is 4. The average Bonchev–Trinajstić information content (AvgIpc) is 2.42. The minimum Gasteiger partial charge on any atom is -0.466 e. The number of benzene rings is 1. The number of carbonyl (C=O) groups is 1. The van der Waals surface area contributed by atoms with Crippen LogP contribution in [0.1, 0.15) is 31.2 Å². The lowest BCUT2D eigenvalue weighted by molar-refractivity contribution is -0.146. The molecule has 1 atom stereocenters. The molecule has 1 fully saturated rings. The Labute approximate surface area is 109 Å². The molecular formula is C15H21NO2. The third-order valence-corrected chi connectivity index (χ3v) is 3.55. The Balaban J connectivity index is 2.19. The standard InChI is InChI=1S/C15H21NO2/c1-2-18-15(17)14(12-6-4-3-5-7-12)13-8-10-16-11-9-13/h3-7,13-14,16H,2,8-11H2,1H3. The Bertz CT molecular complexity index is 371. The third kappa shape index (κ3) is 3.10. The van der Waals surface area contributed by atoms with Gasteiger partial charge in [-0.2, -0.15) is 0 Å². The summed E-state index contributed by atoms with van der Waals surface area (Å²) in [6.45, 7) is 4.30. The Hall–Kier alpha value is -1.35. The van der Waals surface area contributed by atoms with E-state index in [0.29, 0.717) is 12.5 Å². The van der Waals surface area contributed by atoms with E-state index in [1.165, 1.54) is 0 Å². The summed E-state index contributed by atoms with van der Waals surface area (Å²) in [5, 5.41) is 3.34. The Morgan fingerprint density at radius 1 is 1.33 bits per heavy atom. The number of hydrogen-bond acceptors (Lipinski definition) is 3. The molecule has 1 aliphatic rings. The first-order chi connectivity index (χ1) is 8.83. The van der Waals surface area contributed by atoms with Gasteiger partial charge in [-0.1, -0.05) is 30.3 Å². The number of esters is 1. The summed E-state index contributed by atoms with van der Waals surface area (Å²) in [5.41, 5.74) is 1.09. The van der Waals surface area contributed by atoms with Crippen molar-refractivity contribution in [2.24, 2.45) is 5.92 Å². The molecule has 1 aromatic rings. The minimum absolute atomic E-state index is 0.0735. The molecule has 1 aromatic carbocycles. The highest BCUT2D eigenvalue weighted by Crippen LogP contribution is 2.32. The number of nitrogens with one attached hydrogen (secondary N) is 1. The van der Waals surface area contributed by atoms with Crippen molar-refractivity contribution in [2.45, 2.75) is 25.7 Å². The predicted octanol–water partition coefficient (Wildman–Crippen LogP) is 2.33. The van der Waals surface area contributed by atoms with Crippen LogP contribution in [0, 0.1) is 5.92 Å². The minimum atomic E-state index is -0.103. The predicted molar refractivity (Wildman–Crippen MR) is 71.4 cm³/mol. The van der Waals surface area contributed by atoms with Crippen LogP contribution in [0.25, 0.3) is 0 Å². The molecular weight excluding hydrogens is 226 g/mol. The van der Waals surface area contributed by atoms with Crippen LogP contribution in [-0.2, 0) is 9.53 Å². The first-order valence-electron chi connectivity index (χ1n) is 6.75. The zero-order valence-corrected chi connectivity index (χ0v) is 10.9. The molecule has 0 bridgehead atoms. The van der Waals surface area contributed by atoms with Crippen LogP contribution in [0.4, 0.5) is 0 Å². The molecule has 0 spiro atoms. The first-order valence-corrected chi connectivity index (χ1v) is 6.75.